The van der Waals surface area contributed by atoms with Crippen molar-refractivity contribution in [2.24, 2.45) is 10.4 Å². The Morgan fingerprint density at radius 3 is 2.37 bits per heavy atom. The zero-order valence-electron chi connectivity index (χ0n) is 35.0. The van der Waals surface area contributed by atoms with Crippen molar-refractivity contribution >= 4 is 35.7 Å². The fourth-order valence-corrected chi connectivity index (χ4v) is 7.87. The van der Waals surface area contributed by atoms with Gasteiger partial charge in [-0.15, -0.1) is 5.10 Å². The van der Waals surface area contributed by atoms with Gasteiger partial charge >= 0.3 is 18.4 Å². The Morgan fingerprint density at radius 2 is 1.72 bits per heavy atom. The number of nitrogens with zero attached hydrogens (tertiary/aromatic N) is 8. The first kappa shape index (κ1) is 45.1. The van der Waals surface area contributed by atoms with E-state index in [-0.39, 0.29) is 52.2 Å². The van der Waals surface area contributed by atoms with Gasteiger partial charge in [0.2, 0.25) is 5.96 Å². The third kappa shape index (κ3) is 9.36. The molecule has 0 radical (unpaired) electrons. The minimum atomic E-state index is -4.81. The fraction of sp³-hybridized carbons (Fsp3) is 0.395. The third-order valence-corrected chi connectivity index (χ3v) is 11.5. The van der Waals surface area contributed by atoms with E-state index in [9.17, 15) is 31.5 Å². The van der Waals surface area contributed by atoms with E-state index in [1.165, 1.54) is 30.3 Å². The van der Waals surface area contributed by atoms with E-state index in [1.54, 1.807) is 62.0 Å². The van der Waals surface area contributed by atoms with Crippen molar-refractivity contribution < 1.29 is 50.2 Å². The molecule has 2 aromatic heterocycles. The lowest BCUT2D eigenvalue weighted by molar-refractivity contribution is -0.164. The second-order valence-corrected chi connectivity index (χ2v) is 17.7. The van der Waals surface area contributed by atoms with E-state index < -0.39 is 90.3 Å². The molecule has 8 rings (SSSR count). The van der Waals surface area contributed by atoms with Gasteiger partial charge < -0.3 is 14.8 Å². The zero-order chi connectivity index (χ0) is 46.5. The molecule has 342 valence electrons. The number of carbonyl (C=O) groups is 3. The number of alkyl carbamates (subject to hydrolysis) is 2. The molecule has 3 heterocycles. The molecule has 22 heteroatoms. The molecule has 2 saturated carbocycles. The number of hydrogen-bond donors (Lipinski definition) is 2. The van der Waals surface area contributed by atoms with Crippen LogP contribution < -0.4 is 10.6 Å². The second-order valence-electron chi connectivity index (χ2n) is 17.3. The summed E-state index contributed by atoms with van der Waals surface area (Å²) < 4.78 is 99.8. The lowest BCUT2D eigenvalue weighted by Gasteiger charge is -2.35. The topological polar surface area (TPSA) is 171 Å². The highest BCUT2D eigenvalue weighted by atomic mass is 35.5. The smallest absolute Gasteiger partial charge is 0.414 e. The summed E-state index contributed by atoms with van der Waals surface area (Å²) in [5.41, 5.74) is -4.54. The number of carbonyl (C=O) groups excluding carboxylic acids is 3. The first-order chi connectivity index (χ1) is 30.8. The molecule has 5 aromatic rings. The van der Waals surface area contributed by atoms with Crippen molar-refractivity contribution in [1.82, 2.24) is 45.3 Å². The minimum absolute atomic E-state index is 0.00258. The molecule has 2 atom stereocenters. The maximum absolute atomic E-state index is 16.4. The number of nitrogens with one attached hydrogen (secondary N) is 2. The summed E-state index contributed by atoms with van der Waals surface area (Å²) in [5.74, 6) is -2.96. The van der Waals surface area contributed by atoms with Gasteiger partial charge in [-0.05, 0) is 78.5 Å². The first-order valence-electron chi connectivity index (χ1n) is 20.4. The van der Waals surface area contributed by atoms with Gasteiger partial charge in [0, 0.05) is 5.56 Å². The lowest BCUT2D eigenvalue weighted by Crippen LogP contribution is -2.51. The van der Waals surface area contributed by atoms with Crippen LogP contribution in [0.2, 0.25) is 5.02 Å². The van der Waals surface area contributed by atoms with Crippen molar-refractivity contribution in [2.75, 3.05) is 6.61 Å². The van der Waals surface area contributed by atoms with Crippen molar-refractivity contribution in [2.45, 2.75) is 95.2 Å². The number of ether oxygens (including phenoxy) is 2. The van der Waals surface area contributed by atoms with Crippen LogP contribution in [0.4, 0.5) is 35.9 Å². The molecule has 0 saturated heterocycles. The Morgan fingerprint density at radius 1 is 0.985 bits per heavy atom. The van der Waals surface area contributed by atoms with Crippen LogP contribution in [0.15, 0.2) is 84.2 Å². The van der Waals surface area contributed by atoms with Gasteiger partial charge in [-0.1, -0.05) is 80.1 Å². The Hall–Kier alpha value is -6.51. The van der Waals surface area contributed by atoms with Gasteiger partial charge in [-0.2, -0.15) is 18.3 Å². The van der Waals surface area contributed by atoms with Crippen LogP contribution in [0.1, 0.15) is 93.9 Å². The van der Waals surface area contributed by atoms with E-state index in [0.717, 1.165) is 34.8 Å². The normalized spacial score (nSPS) is 18.7. The van der Waals surface area contributed by atoms with Crippen molar-refractivity contribution in [1.29, 1.82) is 0 Å². The molecule has 3 aromatic carbocycles. The summed E-state index contributed by atoms with van der Waals surface area (Å²) in [7, 11) is 0. The van der Waals surface area contributed by atoms with Crippen LogP contribution in [0.5, 0.6) is 0 Å². The number of rotatable bonds is 13. The Bertz CT molecular complexity index is 2640. The summed E-state index contributed by atoms with van der Waals surface area (Å²) in [4.78, 5) is 51.9. The number of amides is 3. The van der Waals surface area contributed by atoms with Gasteiger partial charge in [-0.25, -0.2) is 42.1 Å². The van der Waals surface area contributed by atoms with Crippen LogP contribution in [-0.4, -0.2) is 77.0 Å². The zero-order valence-corrected chi connectivity index (χ0v) is 35.7. The van der Waals surface area contributed by atoms with Crippen LogP contribution in [0, 0.1) is 11.2 Å². The van der Waals surface area contributed by atoms with Crippen molar-refractivity contribution in [3.8, 4) is 16.9 Å². The maximum Gasteiger partial charge on any atom is 0.414 e. The number of hydrogen-bond acceptors (Lipinski definition) is 10. The molecule has 3 aliphatic rings. The predicted octanol–water partition coefficient (Wildman–Crippen LogP) is 8.91. The molecule has 65 heavy (non-hydrogen) atoms. The predicted molar refractivity (Wildman–Crippen MR) is 220 cm³/mol. The van der Waals surface area contributed by atoms with E-state index in [2.05, 4.69) is 25.7 Å². The van der Waals surface area contributed by atoms with Crippen LogP contribution >= 0.6 is 11.6 Å². The number of aromatic nitrogens is 6. The summed E-state index contributed by atoms with van der Waals surface area (Å²) >= 11 is 6.52. The lowest BCUT2D eigenvalue weighted by atomic mass is 9.75. The van der Waals surface area contributed by atoms with E-state index in [0.29, 0.717) is 5.56 Å². The highest BCUT2D eigenvalue weighted by molar-refractivity contribution is 6.32. The second kappa shape index (κ2) is 17.1. The van der Waals surface area contributed by atoms with Crippen molar-refractivity contribution in [3.63, 3.8) is 0 Å². The standard InChI is InChI=1S/C43H41ClF6N10O5/c1-40(2,3)22-42(26-10-13-28(30(45)18-26)31-19-58(57-56-31)27-11-12-27)36(61)59(37(54-42)53-38(62)64-20-24-7-5-4-6-8-24)33(21-65-39(63)55-41(15-16-41)43(48,49)50)25-9-14-29(44)32(17-25)60-35(34(46)47)51-23-52-60/h4-10,13-14,17-19,23,27,33-34H,11-12,15-16,20-22H2,1-3H3,(H,55,63)(H,53,54,62)/t33-,42-/m1/s1. The average Bonchev–Trinajstić information content (AvgIpc) is 4.12. The van der Waals surface area contributed by atoms with E-state index in [4.69, 9.17) is 26.1 Å². The molecular formula is C43H41ClF6N10O5. The SMILES string of the molecule is CC(C)(C)C[C@]1(c2ccc(-c3cn(C4CC4)nn3)c(F)c2)N=C(NC(=O)OCc2ccccc2)N([C@H](COC(=O)NC2(C(F)(F)F)CC2)c2ccc(Cl)c(-n3ncnc3C(F)F)c2)C1=O. The molecule has 0 bridgehead atoms. The molecule has 15 nitrogen and oxygen atoms in total. The minimum Gasteiger partial charge on any atom is -0.447 e. The van der Waals surface area contributed by atoms with E-state index in [1.807, 2.05) is 5.32 Å². The van der Waals surface area contributed by atoms with Crippen LogP contribution in [-0.2, 0) is 26.4 Å². The third-order valence-electron chi connectivity index (χ3n) is 11.1. The Kier molecular flexibility index (Phi) is 11.9. The molecule has 2 fully saturated rings. The summed E-state index contributed by atoms with van der Waals surface area (Å²) in [6.45, 7) is 4.27. The number of guanidine groups is 1. The largest absolute Gasteiger partial charge is 0.447 e. The highest BCUT2D eigenvalue weighted by Gasteiger charge is 2.65. The molecule has 1 aliphatic heterocycles. The fourth-order valence-electron chi connectivity index (χ4n) is 7.67. The van der Waals surface area contributed by atoms with Gasteiger partial charge in [-0.3, -0.25) is 15.0 Å². The van der Waals surface area contributed by atoms with Crippen molar-refractivity contribution in [3.05, 3.63) is 113 Å². The molecule has 0 unspecified atom stereocenters. The highest BCUT2D eigenvalue weighted by Crippen LogP contribution is 2.49. The monoisotopic (exact) mass is 926 g/mol. The molecule has 3 amide bonds. The molecular weight excluding hydrogens is 886 g/mol. The number of benzene rings is 3. The summed E-state index contributed by atoms with van der Waals surface area (Å²) in [6.07, 6.45) is -7.15. The van der Waals surface area contributed by atoms with E-state index >= 15 is 9.18 Å². The first-order valence-corrected chi connectivity index (χ1v) is 20.8. The van der Waals surface area contributed by atoms with Gasteiger partial charge in [0.15, 0.2) is 11.4 Å². The summed E-state index contributed by atoms with van der Waals surface area (Å²) in [5, 5.41) is 16.4. The average molecular weight is 927 g/mol. The molecule has 0 spiro atoms. The quantitative estimate of drug-likeness (QED) is 0.110. The van der Waals surface area contributed by atoms with Gasteiger partial charge in [0.25, 0.3) is 12.3 Å². The Labute approximate surface area is 372 Å². The van der Waals surface area contributed by atoms with Gasteiger partial charge in [0.1, 0.15) is 36.6 Å². The Balaban J connectivity index is 1.24. The number of halogens is 7. The molecule has 2 aliphatic carbocycles. The molecule has 2 N–H and O–H groups in total. The van der Waals surface area contributed by atoms with Gasteiger partial charge in [0.05, 0.1) is 29.0 Å². The number of aliphatic imine (C=N–C) groups is 1. The number of alkyl halides is 5. The maximum atomic E-state index is 16.4. The van der Waals surface area contributed by atoms with Crippen LogP contribution in [0.25, 0.3) is 16.9 Å². The van der Waals surface area contributed by atoms with Crippen LogP contribution in [0.3, 0.4) is 0 Å². The summed E-state index contributed by atoms with van der Waals surface area (Å²) in [6, 6.07) is 15.1.